The molecule has 2 atom stereocenters. The molecule has 1 aliphatic rings. The van der Waals surface area contributed by atoms with Crippen molar-refractivity contribution in [2.45, 2.75) is 51.2 Å². The van der Waals surface area contributed by atoms with Crippen molar-refractivity contribution in [1.82, 2.24) is 0 Å². The molecule has 0 aliphatic heterocycles. The summed E-state index contributed by atoms with van der Waals surface area (Å²) in [6.07, 6.45) is 4.84. The first-order valence-electron chi connectivity index (χ1n) is 5.00. The molecule has 0 unspecified atom stereocenters. The molecule has 1 aliphatic carbocycles. The molecule has 0 bridgehead atoms. The summed E-state index contributed by atoms with van der Waals surface area (Å²) in [5, 5.41) is 0. The lowest BCUT2D eigenvalue weighted by Crippen LogP contribution is -2.35. The molecule has 0 amide bonds. The highest BCUT2D eigenvalue weighted by Crippen LogP contribution is 2.23. The third-order valence-corrected chi connectivity index (χ3v) is 2.52. The third-order valence-electron chi connectivity index (χ3n) is 2.52. The molecule has 1 saturated carbocycles. The molecule has 1 rings (SSSR count). The third kappa shape index (κ3) is 2.99. The van der Waals surface area contributed by atoms with Crippen molar-refractivity contribution < 1.29 is 14.3 Å². The predicted octanol–water partition coefficient (Wildman–Crippen LogP) is 1.90. The van der Waals surface area contributed by atoms with Gasteiger partial charge in [0.25, 0.3) is 0 Å². The van der Waals surface area contributed by atoms with Crippen LogP contribution in [0.1, 0.15) is 39.0 Å². The second-order valence-electron chi connectivity index (χ2n) is 3.44. The highest BCUT2D eigenvalue weighted by molar-refractivity contribution is 5.69. The fraction of sp³-hybridized carbons (Fsp3) is 0.900. The van der Waals surface area contributed by atoms with Crippen LogP contribution in [-0.2, 0) is 14.3 Å². The first-order valence-corrected chi connectivity index (χ1v) is 5.00. The van der Waals surface area contributed by atoms with Crippen molar-refractivity contribution in [3.05, 3.63) is 0 Å². The van der Waals surface area contributed by atoms with Crippen LogP contribution in [0.4, 0.5) is 0 Å². The zero-order valence-corrected chi connectivity index (χ0v) is 8.41. The zero-order chi connectivity index (χ0) is 9.68. The van der Waals surface area contributed by atoms with Gasteiger partial charge in [-0.05, 0) is 19.3 Å². The van der Waals surface area contributed by atoms with E-state index in [9.17, 15) is 4.79 Å². The average Bonchev–Trinajstić information content (AvgIpc) is 2.18. The van der Waals surface area contributed by atoms with Gasteiger partial charge in [0.15, 0.2) is 0 Å². The van der Waals surface area contributed by atoms with E-state index in [0.717, 1.165) is 19.3 Å². The second kappa shape index (κ2) is 5.22. The molecular weight excluding hydrogens is 168 g/mol. The van der Waals surface area contributed by atoms with Gasteiger partial charge in [-0.2, -0.15) is 0 Å². The quantitative estimate of drug-likeness (QED) is 0.631. The molecule has 13 heavy (non-hydrogen) atoms. The highest BCUT2D eigenvalue weighted by atomic mass is 16.6. The van der Waals surface area contributed by atoms with Crippen molar-refractivity contribution in [3.8, 4) is 0 Å². The number of ether oxygens (including phenoxy) is 2. The van der Waals surface area contributed by atoms with E-state index in [4.69, 9.17) is 9.47 Å². The smallest absolute Gasteiger partial charge is 0.305 e. The maximum atomic E-state index is 11.1. The van der Waals surface area contributed by atoms with E-state index in [-0.39, 0.29) is 18.2 Å². The summed E-state index contributed by atoms with van der Waals surface area (Å²) in [7, 11) is 1.68. The topological polar surface area (TPSA) is 35.5 Å². The predicted molar refractivity (Wildman–Crippen MR) is 49.4 cm³/mol. The van der Waals surface area contributed by atoms with Gasteiger partial charge in [-0.15, -0.1) is 0 Å². The van der Waals surface area contributed by atoms with Gasteiger partial charge in [0, 0.05) is 13.5 Å². The normalized spacial score (nSPS) is 28.5. The number of rotatable bonds is 3. The van der Waals surface area contributed by atoms with Crippen LogP contribution >= 0.6 is 0 Å². The molecule has 1 fully saturated rings. The minimum absolute atomic E-state index is 0.00815. The molecule has 0 aromatic carbocycles. The molecule has 0 heterocycles. The molecule has 0 N–H and O–H groups in total. The lowest BCUT2D eigenvalue weighted by Gasteiger charge is -2.29. The van der Waals surface area contributed by atoms with Gasteiger partial charge >= 0.3 is 5.97 Å². The zero-order valence-electron chi connectivity index (χ0n) is 8.41. The minimum Gasteiger partial charge on any atom is -0.460 e. The highest BCUT2D eigenvalue weighted by Gasteiger charge is 2.27. The first kappa shape index (κ1) is 10.5. The van der Waals surface area contributed by atoms with E-state index in [1.165, 1.54) is 6.42 Å². The van der Waals surface area contributed by atoms with Crippen molar-refractivity contribution in [1.29, 1.82) is 0 Å². The van der Waals surface area contributed by atoms with Crippen LogP contribution in [0.2, 0.25) is 0 Å². The van der Waals surface area contributed by atoms with Gasteiger partial charge in [-0.3, -0.25) is 4.79 Å². The van der Waals surface area contributed by atoms with Crippen molar-refractivity contribution in [2.24, 2.45) is 0 Å². The first-order chi connectivity index (χ1) is 6.27. The van der Waals surface area contributed by atoms with E-state index in [2.05, 4.69) is 0 Å². The van der Waals surface area contributed by atoms with Crippen molar-refractivity contribution in [2.75, 3.05) is 7.11 Å². The van der Waals surface area contributed by atoms with E-state index >= 15 is 0 Å². The summed E-state index contributed by atoms with van der Waals surface area (Å²) in [5.41, 5.74) is 0. The Morgan fingerprint density at radius 2 is 1.92 bits per heavy atom. The molecule has 0 aromatic heterocycles. The summed E-state index contributed by atoms with van der Waals surface area (Å²) >= 11 is 0. The fourth-order valence-electron chi connectivity index (χ4n) is 1.72. The van der Waals surface area contributed by atoms with Gasteiger partial charge < -0.3 is 9.47 Å². The molecule has 0 aromatic rings. The van der Waals surface area contributed by atoms with Crippen LogP contribution in [-0.4, -0.2) is 25.3 Å². The molecule has 3 nitrogen and oxygen atoms in total. The number of hydrogen-bond donors (Lipinski definition) is 0. The lowest BCUT2D eigenvalue weighted by atomic mass is 9.94. The van der Waals surface area contributed by atoms with Crippen molar-refractivity contribution in [3.63, 3.8) is 0 Å². The second-order valence-corrected chi connectivity index (χ2v) is 3.44. The molecule has 76 valence electrons. The number of methoxy groups -OCH3 is 1. The average molecular weight is 186 g/mol. The monoisotopic (exact) mass is 186 g/mol. The number of hydrogen-bond acceptors (Lipinski definition) is 3. The van der Waals surface area contributed by atoms with Crippen LogP contribution < -0.4 is 0 Å². The molecule has 0 spiro atoms. The Bertz CT molecular complexity index is 168. The maximum Gasteiger partial charge on any atom is 0.305 e. The summed E-state index contributed by atoms with van der Waals surface area (Å²) < 4.78 is 10.6. The fourth-order valence-corrected chi connectivity index (χ4v) is 1.72. The molecular formula is C10H18O3. The van der Waals surface area contributed by atoms with Gasteiger partial charge in [0.1, 0.15) is 6.10 Å². The Labute approximate surface area is 79.4 Å². The Morgan fingerprint density at radius 1 is 1.31 bits per heavy atom. The van der Waals surface area contributed by atoms with Crippen LogP contribution in [0.15, 0.2) is 0 Å². The van der Waals surface area contributed by atoms with Gasteiger partial charge in [0.2, 0.25) is 0 Å². The largest absolute Gasteiger partial charge is 0.460 e. The number of carbonyl (C=O) groups excluding carboxylic acids is 1. The summed E-state index contributed by atoms with van der Waals surface area (Å²) in [5.74, 6) is -0.117. The Kier molecular flexibility index (Phi) is 4.22. The lowest BCUT2D eigenvalue weighted by molar-refractivity contribution is -0.158. The Hall–Kier alpha value is -0.570. The standard InChI is InChI=1S/C10H18O3/c1-3-10(11)13-9-7-5-4-6-8(9)12-2/h8-9H,3-7H2,1-2H3/t8-,9-/m0/s1. The van der Waals surface area contributed by atoms with Crippen LogP contribution in [0.25, 0.3) is 0 Å². The van der Waals surface area contributed by atoms with Gasteiger partial charge in [-0.25, -0.2) is 0 Å². The summed E-state index contributed by atoms with van der Waals surface area (Å²) in [6, 6.07) is 0. The molecule has 3 heteroatoms. The molecule has 0 saturated heterocycles. The van der Waals surface area contributed by atoms with E-state index < -0.39 is 0 Å². The number of carbonyl (C=O) groups is 1. The minimum atomic E-state index is -0.117. The van der Waals surface area contributed by atoms with Crippen LogP contribution in [0.5, 0.6) is 0 Å². The van der Waals surface area contributed by atoms with Crippen LogP contribution in [0, 0.1) is 0 Å². The van der Waals surface area contributed by atoms with Gasteiger partial charge in [-0.1, -0.05) is 13.3 Å². The van der Waals surface area contributed by atoms with E-state index in [1.807, 2.05) is 6.92 Å². The van der Waals surface area contributed by atoms with Crippen LogP contribution in [0.3, 0.4) is 0 Å². The Balaban J connectivity index is 2.40. The van der Waals surface area contributed by atoms with Gasteiger partial charge in [0.05, 0.1) is 6.10 Å². The Morgan fingerprint density at radius 3 is 2.46 bits per heavy atom. The summed E-state index contributed by atoms with van der Waals surface area (Å²) in [4.78, 5) is 11.1. The number of esters is 1. The maximum absolute atomic E-state index is 11.1. The van der Waals surface area contributed by atoms with Crippen molar-refractivity contribution >= 4 is 5.97 Å². The molecule has 0 radical (unpaired) electrons. The summed E-state index contributed by atoms with van der Waals surface area (Å²) in [6.45, 7) is 1.81. The van der Waals surface area contributed by atoms with E-state index in [1.54, 1.807) is 7.11 Å². The van der Waals surface area contributed by atoms with E-state index in [0.29, 0.717) is 6.42 Å². The SMILES string of the molecule is CCC(=O)O[C@H]1CCCC[C@@H]1OC.